The highest BCUT2D eigenvalue weighted by molar-refractivity contribution is 6.61. The Balaban J connectivity index is 2.13. The van der Waals surface area contributed by atoms with Gasteiger partial charge in [-0.3, -0.25) is 0 Å². The minimum absolute atomic E-state index is 0.382. The van der Waals surface area contributed by atoms with E-state index >= 15 is 0 Å². The van der Waals surface area contributed by atoms with Crippen LogP contribution >= 0.6 is 0 Å². The largest absolute Gasteiger partial charge is 0.492 e. The van der Waals surface area contributed by atoms with Crippen molar-refractivity contribution in [2.24, 2.45) is 0 Å². The average molecular weight is 288 g/mol. The van der Waals surface area contributed by atoms with E-state index in [0.717, 1.165) is 27.5 Å². The van der Waals surface area contributed by atoms with Gasteiger partial charge in [-0.2, -0.15) is 0 Å². The highest BCUT2D eigenvalue weighted by Gasteiger charge is 2.20. The molecule has 3 nitrogen and oxygen atoms in total. The Morgan fingerprint density at radius 2 is 1.55 bits per heavy atom. The normalized spacial score (nSPS) is 11.2. The lowest BCUT2D eigenvalue weighted by molar-refractivity contribution is 0.425. The number of para-hydroxylation sites is 1. The zero-order valence-electron chi connectivity index (χ0n) is 11.7. The number of benzene rings is 3. The molecule has 0 aliphatic heterocycles. The van der Waals surface area contributed by atoms with Crippen LogP contribution in [0.25, 0.3) is 33.1 Å². The second-order valence-corrected chi connectivity index (χ2v) is 5.24. The zero-order chi connectivity index (χ0) is 15.1. The summed E-state index contributed by atoms with van der Waals surface area (Å²) in [4.78, 5) is 0. The molecule has 0 saturated carbocycles. The van der Waals surface area contributed by atoms with Crippen LogP contribution in [0.2, 0.25) is 0 Å². The van der Waals surface area contributed by atoms with E-state index in [0.29, 0.717) is 11.0 Å². The van der Waals surface area contributed by atoms with Gasteiger partial charge in [-0.15, -0.1) is 0 Å². The number of hydrogen-bond donors (Lipinski definition) is 2. The molecule has 0 amide bonds. The Labute approximate surface area is 127 Å². The summed E-state index contributed by atoms with van der Waals surface area (Å²) in [7, 11) is -1.55. The van der Waals surface area contributed by atoms with E-state index in [9.17, 15) is 10.0 Å². The van der Waals surface area contributed by atoms with E-state index in [4.69, 9.17) is 4.42 Å². The van der Waals surface area contributed by atoms with Gasteiger partial charge in [-0.1, -0.05) is 60.7 Å². The summed E-state index contributed by atoms with van der Waals surface area (Å²) in [6, 6.07) is 21.4. The molecule has 0 unspecified atom stereocenters. The van der Waals surface area contributed by atoms with Gasteiger partial charge < -0.3 is 14.5 Å². The number of rotatable bonds is 2. The zero-order valence-corrected chi connectivity index (χ0v) is 11.7. The summed E-state index contributed by atoms with van der Waals surface area (Å²) < 4.78 is 5.89. The van der Waals surface area contributed by atoms with Gasteiger partial charge in [0, 0.05) is 16.2 Å². The summed E-state index contributed by atoms with van der Waals surface area (Å²) in [5.41, 5.74) is 3.82. The Bertz CT molecular complexity index is 958. The molecule has 0 aliphatic carbocycles. The molecule has 106 valence electrons. The summed E-state index contributed by atoms with van der Waals surface area (Å²) in [6.07, 6.45) is 0. The highest BCUT2D eigenvalue weighted by atomic mass is 16.4. The highest BCUT2D eigenvalue weighted by Crippen LogP contribution is 2.35. The maximum atomic E-state index is 9.53. The van der Waals surface area contributed by atoms with Gasteiger partial charge in [0.2, 0.25) is 0 Å². The Morgan fingerprint density at radius 1 is 0.773 bits per heavy atom. The quantitative estimate of drug-likeness (QED) is 0.558. The second kappa shape index (κ2) is 5.02. The first-order valence-electron chi connectivity index (χ1n) is 7.11. The molecule has 22 heavy (non-hydrogen) atoms. The Hall–Kier alpha value is -2.56. The van der Waals surface area contributed by atoms with Gasteiger partial charge in [0.1, 0.15) is 11.2 Å². The second-order valence-electron chi connectivity index (χ2n) is 5.24. The fourth-order valence-corrected chi connectivity index (χ4v) is 2.93. The Kier molecular flexibility index (Phi) is 3.00. The topological polar surface area (TPSA) is 53.6 Å². The molecular formula is C18H13BO3. The summed E-state index contributed by atoms with van der Waals surface area (Å²) in [5.74, 6) is 0. The molecule has 1 aromatic heterocycles. The maximum absolute atomic E-state index is 9.53. The SMILES string of the molecule is OB(O)c1cccc2c1oc1cccc(-c3ccccc3)c12. The van der Waals surface area contributed by atoms with Crippen LogP contribution in [-0.4, -0.2) is 17.2 Å². The van der Waals surface area contributed by atoms with Gasteiger partial charge in [0.25, 0.3) is 0 Å². The lowest BCUT2D eigenvalue weighted by atomic mass is 9.79. The molecule has 0 radical (unpaired) electrons. The predicted molar refractivity (Wildman–Crippen MR) is 89.0 cm³/mol. The molecule has 1 heterocycles. The molecule has 0 bridgehead atoms. The smallest absolute Gasteiger partial charge is 0.456 e. The molecule has 4 heteroatoms. The van der Waals surface area contributed by atoms with Crippen LogP contribution in [0.5, 0.6) is 0 Å². The molecule has 0 aliphatic rings. The van der Waals surface area contributed by atoms with Crippen molar-refractivity contribution in [2.45, 2.75) is 0 Å². The van der Waals surface area contributed by atoms with Gasteiger partial charge in [0.15, 0.2) is 0 Å². The summed E-state index contributed by atoms with van der Waals surface area (Å²) in [6.45, 7) is 0. The monoisotopic (exact) mass is 288 g/mol. The van der Waals surface area contributed by atoms with Crippen LogP contribution in [0.1, 0.15) is 0 Å². The van der Waals surface area contributed by atoms with E-state index in [1.807, 2.05) is 42.5 Å². The molecule has 2 N–H and O–H groups in total. The van der Waals surface area contributed by atoms with Crippen molar-refractivity contribution in [1.82, 2.24) is 0 Å². The van der Waals surface area contributed by atoms with Crippen molar-refractivity contribution in [2.75, 3.05) is 0 Å². The molecule has 3 aromatic carbocycles. The molecule has 4 rings (SSSR count). The first-order valence-corrected chi connectivity index (χ1v) is 7.11. The van der Waals surface area contributed by atoms with Gasteiger partial charge in [-0.25, -0.2) is 0 Å². The summed E-state index contributed by atoms with van der Waals surface area (Å²) in [5, 5.41) is 20.9. The fourth-order valence-electron chi connectivity index (χ4n) is 2.93. The average Bonchev–Trinajstić information content (AvgIpc) is 2.94. The van der Waals surface area contributed by atoms with Gasteiger partial charge in [-0.05, 0) is 17.2 Å². The molecule has 0 fully saturated rings. The van der Waals surface area contributed by atoms with Crippen LogP contribution in [0.4, 0.5) is 0 Å². The third-order valence-corrected chi connectivity index (χ3v) is 3.92. The van der Waals surface area contributed by atoms with Crippen LogP contribution in [0.3, 0.4) is 0 Å². The first kappa shape index (κ1) is 13.1. The lowest BCUT2D eigenvalue weighted by Crippen LogP contribution is -2.29. The predicted octanol–water partition coefficient (Wildman–Crippen LogP) is 2.93. The van der Waals surface area contributed by atoms with Gasteiger partial charge >= 0.3 is 7.12 Å². The van der Waals surface area contributed by atoms with Crippen LogP contribution in [0, 0.1) is 0 Å². The van der Waals surface area contributed by atoms with Crippen molar-refractivity contribution in [3.05, 3.63) is 66.7 Å². The van der Waals surface area contributed by atoms with Crippen molar-refractivity contribution in [3.63, 3.8) is 0 Å². The van der Waals surface area contributed by atoms with E-state index in [-0.39, 0.29) is 0 Å². The van der Waals surface area contributed by atoms with Gasteiger partial charge in [0.05, 0.1) is 0 Å². The van der Waals surface area contributed by atoms with E-state index in [1.54, 1.807) is 6.07 Å². The molecule has 0 atom stereocenters. The van der Waals surface area contributed by atoms with Crippen molar-refractivity contribution >= 4 is 34.5 Å². The number of hydrogen-bond acceptors (Lipinski definition) is 3. The molecule has 0 saturated heterocycles. The van der Waals surface area contributed by atoms with Crippen molar-refractivity contribution in [3.8, 4) is 11.1 Å². The Morgan fingerprint density at radius 3 is 2.32 bits per heavy atom. The standard InChI is InChI=1S/C18H13BO3/c20-19(21)15-10-4-9-14-17-13(12-6-2-1-3-7-12)8-5-11-16(17)22-18(14)15/h1-11,20-21H. The van der Waals surface area contributed by atoms with Crippen LogP contribution in [-0.2, 0) is 0 Å². The van der Waals surface area contributed by atoms with Crippen LogP contribution in [0.15, 0.2) is 71.1 Å². The molecule has 0 spiro atoms. The maximum Gasteiger partial charge on any atom is 0.492 e. The third-order valence-electron chi connectivity index (χ3n) is 3.92. The minimum Gasteiger partial charge on any atom is -0.456 e. The number of fused-ring (bicyclic) bond motifs is 3. The summed E-state index contributed by atoms with van der Waals surface area (Å²) >= 11 is 0. The molecule has 4 aromatic rings. The first-order chi connectivity index (χ1) is 10.8. The third kappa shape index (κ3) is 1.93. The van der Waals surface area contributed by atoms with Crippen molar-refractivity contribution < 1.29 is 14.5 Å². The fraction of sp³-hybridized carbons (Fsp3) is 0. The number of furan rings is 1. The van der Waals surface area contributed by atoms with E-state index in [2.05, 4.69) is 18.2 Å². The lowest BCUT2D eigenvalue weighted by Gasteiger charge is -2.03. The molecular weight excluding hydrogens is 275 g/mol. The van der Waals surface area contributed by atoms with E-state index < -0.39 is 7.12 Å². The minimum atomic E-state index is -1.55. The van der Waals surface area contributed by atoms with Crippen LogP contribution < -0.4 is 5.46 Å². The van der Waals surface area contributed by atoms with E-state index in [1.165, 1.54) is 0 Å². The van der Waals surface area contributed by atoms with Crippen molar-refractivity contribution in [1.29, 1.82) is 0 Å².